The van der Waals surface area contributed by atoms with Gasteiger partial charge < -0.3 is 14.6 Å². The molecule has 4 aromatic rings. The number of nitrogens with zero attached hydrogens (tertiary/aromatic N) is 3. The third-order valence-corrected chi connectivity index (χ3v) is 5.08. The Morgan fingerprint density at radius 3 is 1.94 bits per heavy atom. The molecule has 33 heavy (non-hydrogen) atoms. The number of unbranched alkanes of at least 4 members (excludes halogenated alkanes) is 3. The Kier molecular flexibility index (Phi) is 7.48. The van der Waals surface area contributed by atoms with Crippen molar-refractivity contribution in [2.45, 2.75) is 32.6 Å². The molecule has 0 bridgehead atoms. The molecule has 6 nitrogen and oxygen atoms in total. The van der Waals surface area contributed by atoms with Gasteiger partial charge in [-0.25, -0.2) is 4.98 Å². The molecule has 0 amide bonds. The average Bonchev–Trinajstić information content (AvgIpc) is 2.86. The van der Waals surface area contributed by atoms with Gasteiger partial charge >= 0.3 is 6.01 Å². The molecular formula is C27H27N3O3. The van der Waals surface area contributed by atoms with Crippen LogP contribution in [-0.2, 0) is 0 Å². The molecule has 0 atom stereocenters. The van der Waals surface area contributed by atoms with Gasteiger partial charge in [0.1, 0.15) is 5.75 Å². The second-order valence-electron chi connectivity index (χ2n) is 7.64. The third-order valence-electron chi connectivity index (χ3n) is 5.08. The second-order valence-corrected chi connectivity index (χ2v) is 7.64. The van der Waals surface area contributed by atoms with E-state index in [4.69, 9.17) is 9.47 Å². The van der Waals surface area contributed by atoms with Crippen molar-refractivity contribution in [3.8, 4) is 46.0 Å². The van der Waals surface area contributed by atoms with E-state index in [0.717, 1.165) is 24.0 Å². The Morgan fingerprint density at radius 1 is 0.727 bits per heavy atom. The minimum atomic E-state index is -0.0380. The number of hydrogen-bond acceptors (Lipinski definition) is 6. The summed E-state index contributed by atoms with van der Waals surface area (Å²) in [4.78, 5) is 13.6. The molecule has 1 heterocycles. The second kappa shape index (κ2) is 11.1. The van der Waals surface area contributed by atoms with Crippen LogP contribution in [0, 0.1) is 0 Å². The van der Waals surface area contributed by atoms with Crippen molar-refractivity contribution in [3.63, 3.8) is 0 Å². The van der Waals surface area contributed by atoms with E-state index in [1.54, 1.807) is 18.2 Å². The fourth-order valence-corrected chi connectivity index (χ4v) is 3.33. The first kappa shape index (κ1) is 22.3. The fourth-order valence-electron chi connectivity index (χ4n) is 3.33. The first-order valence-electron chi connectivity index (χ1n) is 11.2. The summed E-state index contributed by atoms with van der Waals surface area (Å²) < 4.78 is 11.6. The summed E-state index contributed by atoms with van der Waals surface area (Å²) in [6, 6.07) is 24.4. The summed E-state index contributed by atoms with van der Waals surface area (Å²) in [7, 11) is 0. The minimum Gasteiger partial charge on any atom is -0.504 e. The maximum absolute atomic E-state index is 10.5. The summed E-state index contributed by atoms with van der Waals surface area (Å²) in [5, 5.41) is 10.5. The van der Waals surface area contributed by atoms with Gasteiger partial charge in [0.2, 0.25) is 0 Å². The first-order chi connectivity index (χ1) is 16.2. The summed E-state index contributed by atoms with van der Waals surface area (Å²) in [6.45, 7) is 2.80. The number of ether oxygens (including phenoxy) is 2. The van der Waals surface area contributed by atoms with Gasteiger partial charge in [-0.3, -0.25) is 0 Å². The average molecular weight is 442 g/mol. The minimum absolute atomic E-state index is 0.0380. The topological polar surface area (TPSA) is 77.4 Å². The number of phenolic OH excluding ortho intramolecular Hbond substituents is 1. The van der Waals surface area contributed by atoms with Crippen LogP contribution >= 0.6 is 0 Å². The van der Waals surface area contributed by atoms with E-state index in [-0.39, 0.29) is 17.5 Å². The summed E-state index contributed by atoms with van der Waals surface area (Å²) in [6.07, 6.45) is 4.50. The van der Waals surface area contributed by atoms with Crippen molar-refractivity contribution in [1.82, 2.24) is 15.0 Å². The van der Waals surface area contributed by atoms with Crippen LogP contribution in [0.2, 0.25) is 0 Å². The molecule has 0 fully saturated rings. The fraction of sp³-hybridized carbons (Fsp3) is 0.222. The quantitative estimate of drug-likeness (QED) is 0.277. The van der Waals surface area contributed by atoms with Crippen LogP contribution < -0.4 is 9.47 Å². The van der Waals surface area contributed by atoms with Crippen LogP contribution in [0.4, 0.5) is 0 Å². The number of aromatic hydroxyl groups is 1. The van der Waals surface area contributed by atoms with Crippen molar-refractivity contribution in [2.24, 2.45) is 0 Å². The standard InChI is InChI=1S/C27H27N3O3/c1-2-3-4-11-18-32-22-16-17-24(23(31)19-22)33-27-29-25(20-12-7-5-8-13-20)28-26(30-27)21-14-9-6-10-15-21/h5-10,12-17,19,31H,2-4,11,18H2,1H3. The van der Waals surface area contributed by atoms with E-state index in [1.807, 2.05) is 60.7 Å². The number of phenols is 1. The molecule has 0 aliphatic rings. The van der Waals surface area contributed by atoms with Gasteiger partial charge in [-0.05, 0) is 18.6 Å². The van der Waals surface area contributed by atoms with Crippen LogP contribution in [0.3, 0.4) is 0 Å². The highest BCUT2D eigenvalue weighted by Gasteiger charge is 2.14. The Bertz CT molecular complexity index is 1110. The predicted molar refractivity (Wildman–Crippen MR) is 129 cm³/mol. The van der Waals surface area contributed by atoms with Crippen molar-refractivity contribution in [1.29, 1.82) is 0 Å². The van der Waals surface area contributed by atoms with Gasteiger partial charge in [0.05, 0.1) is 6.61 Å². The van der Waals surface area contributed by atoms with Crippen molar-refractivity contribution >= 4 is 0 Å². The summed E-state index contributed by atoms with van der Waals surface area (Å²) >= 11 is 0. The van der Waals surface area contributed by atoms with Crippen molar-refractivity contribution in [2.75, 3.05) is 6.61 Å². The van der Waals surface area contributed by atoms with Crippen LogP contribution in [0.5, 0.6) is 23.3 Å². The van der Waals surface area contributed by atoms with Crippen molar-refractivity contribution in [3.05, 3.63) is 78.9 Å². The highest BCUT2D eigenvalue weighted by atomic mass is 16.5. The van der Waals surface area contributed by atoms with Gasteiger partial charge in [-0.1, -0.05) is 86.8 Å². The molecule has 1 aromatic heterocycles. The van der Waals surface area contributed by atoms with E-state index in [1.165, 1.54) is 12.8 Å². The molecule has 0 aliphatic heterocycles. The van der Waals surface area contributed by atoms with Gasteiger partial charge in [0, 0.05) is 17.2 Å². The van der Waals surface area contributed by atoms with Crippen LogP contribution in [-0.4, -0.2) is 26.7 Å². The summed E-state index contributed by atoms with van der Waals surface area (Å²) in [5.74, 6) is 1.79. The van der Waals surface area contributed by atoms with Gasteiger partial charge in [-0.15, -0.1) is 0 Å². The molecule has 168 valence electrons. The zero-order valence-corrected chi connectivity index (χ0v) is 18.6. The Labute approximate surface area is 193 Å². The Morgan fingerprint density at radius 2 is 1.36 bits per heavy atom. The van der Waals surface area contributed by atoms with E-state index in [2.05, 4.69) is 21.9 Å². The molecule has 0 aliphatic carbocycles. The monoisotopic (exact) mass is 441 g/mol. The SMILES string of the molecule is CCCCCCOc1ccc(Oc2nc(-c3ccccc3)nc(-c3ccccc3)n2)c(O)c1. The molecule has 0 radical (unpaired) electrons. The predicted octanol–water partition coefficient (Wildman–Crippen LogP) is 6.66. The van der Waals surface area contributed by atoms with E-state index in [9.17, 15) is 5.11 Å². The first-order valence-corrected chi connectivity index (χ1v) is 11.2. The lowest BCUT2D eigenvalue weighted by Crippen LogP contribution is -2.01. The molecule has 6 heteroatoms. The van der Waals surface area contributed by atoms with Crippen molar-refractivity contribution < 1.29 is 14.6 Å². The van der Waals surface area contributed by atoms with Gasteiger partial charge in [0.25, 0.3) is 0 Å². The smallest absolute Gasteiger partial charge is 0.326 e. The van der Waals surface area contributed by atoms with Crippen LogP contribution in [0.25, 0.3) is 22.8 Å². The molecule has 0 saturated carbocycles. The zero-order chi connectivity index (χ0) is 22.9. The molecule has 0 unspecified atom stereocenters. The maximum atomic E-state index is 10.5. The lowest BCUT2D eigenvalue weighted by molar-refractivity contribution is 0.302. The number of rotatable bonds is 10. The van der Waals surface area contributed by atoms with Crippen LogP contribution in [0.1, 0.15) is 32.6 Å². The molecule has 0 spiro atoms. The van der Waals surface area contributed by atoms with Crippen LogP contribution in [0.15, 0.2) is 78.9 Å². The lowest BCUT2D eigenvalue weighted by Gasteiger charge is -2.11. The number of benzene rings is 3. The molecule has 3 aromatic carbocycles. The summed E-state index contributed by atoms with van der Waals surface area (Å²) in [5.41, 5.74) is 1.69. The molecule has 1 N–H and O–H groups in total. The Hall–Kier alpha value is -3.93. The van der Waals surface area contributed by atoms with E-state index < -0.39 is 0 Å². The molecule has 4 rings (SSSR count). The highest BCUT2D eigenvalue weighted by Crippen LogP contribution is 2.34. The van der Waals surface area contributed by atoms with Gasteiger partial charge in [0.15, 0.2) is 23.1 Å². The molecular weight excluding hydrogens is 414 g/mol. The van der Waals surface area contributed by atoms with Gasteiger partial charge in [-0.2, -0.15) is 9.97 Å². The highest BCUT2D eigenvalue weighted by molar-refractivity contribution is 5.61. The number of hydrogen-bond donors (Lipinski definition) is 1. The normalized spacial score (nSPS) is 10.7. The van der Waals surface area contributed by atoms with E-state index >= 15 is 0 Å². The number of aromatic nitrogens is 3. The third kappa shape index (κ3) is 6.07. The largest absolute Gasteiger partial charge is 0.504 e. The lowest BCUT2D eigenvalue weighted by atomic mass is 10.2. The zero-order valence-electron chi connectivity index (χ0n) is 18.6. The molecule has 0 saturated heterocycles. The Balaban J connectivity index is 1.57. The maximum Gasteiger partial charge on any atom is 0.326 e. The van der Waals surface area contributed by atoms with E-state index in [0.29, 0.717) is 24.0 Å².